The number of hydrogen-bond donors (Lipinski definition) is 2. The molecule has 4 rings (SSSR count). The molecule has 29 heavy (non-hydrogen) atoms. The van der Waals surface area contributed by atoms with Crippen molar-refractivity contribution in [2.75, 3.05) is 13.2 Å². The molecule has 0 bridgehead atoms. The Morgan fingerprint density at radius 2 is 1.59 bits per heavy atom. The molecule has 1 atom stereocenters. The van der Waals surface area contributed by atoms with Crippen LogP contribution in [0.25, 0.3) is 11.1 Å². The largest absolute Gasteiger partial charge is 0.481 e. The van der Waals surface area contributed by atoms with Gasteiger partial charge in [0.25, 0.3) is 0 Å². The molecular weight excluding hydrogens is 366 g/mol. The highest BCUT2D eigenvalue weighted by Crippen LogP contribution is 2.44. The van der Waals surface area contributed by atoms with Gasteiger partial charge in [-0.15, -0.1) is 0 Å². The van der Waals surface area contributed by atoms with Gasteiger partial charge in [-0.25, -0.2) is 4.79 Å². The van der Waals surface area contributed by atoms with E-state index in [1.165, 1.54) is 24.0 Å². The minimum Gasteiger partial charge on any atom is -0.481 e. The molecule has 0 aromatic heterocycles. The molecule has 0 unspecified atom stereocenters. The van der Waals surface area contributed by atoms with Crippen molar-refractivity contribution in [1.82, 2.24) is 5.32 Å². The van der Waals surface area contributed by atoms with E-state index in [1.54, 1.807) is 0 Å². The zero-order chi connectivity index (χ0) is 20.2. The van der Waals surface area contributed by atoms with Crippen LogP contribution in [0.5, 0.6) is 0 Å². The summed E-state index contributed by atoms with van der Waals surface area (Å²) >= 11 is 0. The smallest absolute Gasteiger partial charge is 0.407 e. The van der Waals surface area contributed by atoms with Crippen LogP contribution < -0.4 is 5.32 Å². The molecule has 0 spiro atoms. The van der Waals surface area contributed by atoms with Gasteiger partial charge in [-0.3, -0.25) is 4.79 Å². The van der Waals surface area contributed by atoms with E-state index in [0.717, 1.165) is 24.0 Å². The number of benzene rings is 2. The number of hydrogen-bond acceptors (Lipinski definition) is 3. The maximum Gasteiger partial charge on any atom is 0.407 e. The number of alkyl carbamates (subject to hydrolysis) is 1. The van der Waals surface area contributed by atoms with Crippen molar-refractivity contribution < 1.29 is 19.4 Å². The monoisotopic (exact) mass is 393 g/mol. The molecule has 0 heterocycles. The molecule has 2 aromatic rings. The van der Waals surface area contributed by atoms with Gasteiger partial charge in [0, 0.05) is 12.5 Å². The number of nitrogens with one attached hydrogen (secondary N) is 1. The summed E-state index contributed by atoms with van der Waals surface area (Å²) in [6.07, 6.45) is 4.61. The number of carbonyl (C=O) groups is 2. The van der Waals surface area contributed by atoms with Gasteiger partial charge < -0.3 is 15.2 Å². The fourth-order valence-electron chi connectivity index (χ4n) is 4.78. The maximum atomic E-state index is 12.3. The number of fused-ring (bicyclic) bond motifs is 3. The van der Waals surface area contributed by atoms with Gasteiger partial charge >= 0.3 is 12.1 Å². The average molecular weight is 393 g/mol. The first kappa shape index (κ1) is 19.5. The van der Waals surface area contributed by atoms with Crippen LogP contribution in [0, 0.1) is 11.8 Å². The first-order chi connectivity index (χ1) is 14.1. The summed E-state index contributed by atoms with van der Waals surface area (Å²) in [6, 6.07) is 16.4. The Kier molecular flexibility index (Phi) is 5.84. The van der Waals surface area contributed by atoms with E-state index < -0.39 is 18.0 Å². The maximum absolute atomic E-state index is 12.3. The van der Waals surface area contributed by atoms with Gasteiger partial charge in [-0.2, -0.15) is 0 Å². The molecule has 2 aliphatic carbocycles. The Balaban J connectivity index is 1.34. The summed E-state index contributed by atoms with van der Waals surface area (Å²) in [5, 5.41) is 12.1. The second-order valence-corrected chi connectivity index (χ2v) is 8.13. The fraction of sp³-hybridized carbons (Fsp3) is 0.417. The second kappa shape index (κ2) is 8.68. The lowest BCUT2D eigenvalue weighted by Crippen LogP contribution is -2.34. The molecule has 2 N–H and O–H groups in total. The molecule has 1 amide bonds. The van der Waals surface area contributed by atoms with Crippen molar-refractivity contribution in [3.05, 3.63) is 59.7 Å². The highest BCUT2D eigenvalue weighted by atomic mass is 16.5. The SMILES string of the molecule is O=C(NC[C@@H](CC1CCCC1)C(=O)O)OCC1c2ccccc2-c2ccccc21. The quantitative estimate of drug-likeness (QED) is 0.708. The van der Waals surface area contributed by atoms with Crippen molar-refractivity contribution in [2.45, 2.75) is 38.0 Å². The van der Waals surface area contributed by atoms with Gasteiger partial charge in [0.2, 0.25) is 0 Å². The van der Waals surface area contributed by atoms with Crippen LogP contribution >= 0.6 is 0 Å². The zero-order valence-corrected chi connectivity index (χ0v) is 16.5. The molecule has 5 nitrogen and oxygen atoms in total. The lowest BCUT2D eigenvalue weighted by atomic mass is 9.93. The zero-order valence-electron chi connectivity index (χ0n) is 16.5. The Morgan fingerprint density at radius 3 is 2.17 bits per heavy atom. The minimum absolute atomic E-state index is 0.00177. The Labute approximate surface area is 171 Å². The van der Waals surface area contributed by atoms with Crippen LogP contribution in [-0.4, -0.2) is 30.3 Å². The third-order valence-electron chi connectivity index (χ3n) is 6.28. The number of rotatable bonds is 7. The third-order valence-corrected chi connectivity index (χ3v) is 6.28. The summed E-state index contributed by atoms with van der Waals surface area (Å²) in [7, 11) is 0. The van der Waals surface area contributed by atoms with Gasteiger partial charge in [0.05, 0.1) is 5.92 Å². The van der Waals surface area contributed by atoms with Crippen molar-refractivity contribution in [1.29, 1.82) is 0 Å². The second-order valence-electron chi connectivity index (χ2n) is 8.13. The highest BCUT2D eigenvalue weighted by molar-refractivity contribution is 5.79. The van der Waals surface area contributed by atoms with Crippen molar-refractivity contribution in [2.24, 2.45) is 11.8 Å². The number of amides is 1. The first-order valence-corrected chi connectivity index (χ1v) is 10.4. The number of carboxylic acids is 1. The van der Waals surface area contributed by atoms with Gasteiger partial charge in [-0.1, -0.05) is 74.2 Å². The Hall–Kier alpha value is -2.82. The molecule has 152 valence electrons. The van der Waals surface area contributed by atoms with Crippen LogP contribution in [0.3, 0.4) is 0 Å². The van der Waals surface area contributed by atoms with E-state index in [1.807, 2.05) is 24.3 Å². The summed E-state index contributed by atoms with van der Waals surface area (Å²) in [4.78, 5) is 23.8. The van der Waals surface area contributed by atoms with Gasteiger partial charge in [0.15, 0.2) is 0 Å². The highest BCUT2D eigenvalue weighted by Gasteiger charge is 2.29. The Bertz CT molecular complexity index is 842. The van der Waals surface area contributed by atoms with E-state index in [-0.39, 0.29) is 19.1 Å². The van der Waals surface area contributed by atoms with Gasteiger partial charge in [-0.05, 0) is 34.6 Å². The number of aliphatic carboxylic acids is 1. The van der Waals surface area contributed by atoms with Crippen LogP contribution in [0.1, 0.15) is 49.1 Å². The molecule has 0 saturated heterocycles. The van der Waals surface area contributed by atoms with Crippen molar-refractivity contribution >= 4 is 12.1 Å². The van der Waals surface area contributed by atoms with E-state index in [4.69, 9.17) is 4.74 Å². The molecular formula is C24H27NO4. The predicted octanol–water partition coefficient (Wildman–Crippen LogP) is 4.81. The van der Waals surface area contributed by atoms with Crippen LogP contribution in [-0.2, 0) is 9.53 Å². The van der Waals surface area contributed by atoms with E-state index >= 15 is 0 Å². The fourth-order valence-corrected chi connectivity index (χ4v) is 4.78. The Morgan fingerprint density at radius 1 is 1.00 bits per heavy atom. The van der Waals surface area contributed by atoms with Crippen molar-refractivity contribution in [3.63, 3.8) is 0 Å². The van der Waals surface area contributed by atoms with E-state index in [0.29, 0.717) is 12.3 Å². The number of ether oxygens (including phenoxy) is 1. The molecule has 2 aliphatic rings. The van der Waals surface area contributed by atoms with Crippen LogP contribution in [0.15, 0.2) is 48.5 Å². The summed E-state index contributed by atoms with van der Waals surface area (Å²) in [6.45, 7) is 0.350. The molecule has 0 aliphatic heterocycles. The summed E-state index contributed by atoms with van der Waals surface area (Å²) in [5.41, 5.74) is 4.68. The third kappa shape index (κ3) is 4.29. The van der Waals surface area contributed by atoms with Gasteiger partial charge in [0.1, 0.15) is 6.61 Å². The molecule has 1 fully saturated rings. The van der Waals surface area contributed by atoms with E-state index in [2.05, 4.69) is 29.6 Å². The minimum atomic E-state index is -0.851. The lowest BCUT2D eigenvalue weighted by molar-refractivity contribution is -0.142. The standard InChI is InChI=1S/C24H27NO4/c26-23(27)17(13-16-7-1-2-8-16)14-25-24(28)29-15-22-20-11-5-3-9-18(20)19-10-4-6-12-21(19)22/h3-6,9-12,16-17,22H,1-2,7-8,13-15H2,(H,25,28)(H,26,27)/t17-/m1/s1. The molecule has 5 heteroatoms. The first-order valence-electron chi connectivity index (χ1n) is 10.4. The molecule has 0 radical (unpaired) electrons. The van der Waals surface area contributed by atoms with Crippen molar-refractivity contribution in [3.8, 4) is 11.1 Å². The van der Waals surface area contributed by atoms with E-state index in [9.17, 15) is 14.7 Å². The van der Waals surface area contributed by atoms with Crippen LogP contribution in [0.2, 0.25) is 0 Å². The molecule has 2 aromatic carbocycles. The molecule has 1 saturated carbocycles. The predicted molar refractivity (Wildman–Crippen MR) is 111 cm³/mol. The average Bonchev–Trinajstić information content (AvgIpc) is 3.35. The number of carbonyl (C=O) groups excluding carboxylic acids is 1. The topological polar surface area (TPSA) is 75.6 Å². The lowest BCUT2D eigenvalue weighted by Gasteiger charge is -2.18. The number of carboxylic acid groups (broad SMARTS) is 1. The normalized spacial score (nSPS) is 16.8. The van der Waals surface area contributed by atoms with Crippen LogP contribution in [0.4, 0.5) is 4.79 Å². The summed E-state index contributed by atoms with van der Waals surface area (Å²) < 4.78 is 5.50. The summed E-state index contributed by atoms with van der Waals surface area (Å²) in [5.74, 6) is -0.947.